The summed E-state index contributed by atoms with van der Waals surface area (Å²) in [5.74, 6) is 2.14. The molecule has 8 heteroatoms. The lowest BCUT2D eigenvalue weighted by molar-refractivity contribution is 0.288. The van der Waals surface area contributed by atoms with Crippen LogP contribution in [-0.4, -0.2) is 51.1 Å². The topological polar surface area (TPSA) is 92.7 Å². The van der Waals surface area contributed by atoms with Crippen LogP contribution in [0.15, 0.2) is 23.3 Å². The summed E-state index contributed by atoms with van der Waals surface area (Å²) in [6.07, 6.45) is 6.03. The van der Waals surface area contributed by atoms with E-state index in [1.165, 1.54) is 19.1 Å². The number of aliphatic imine (C=N–C) groups is 1. The van der Waals surface area contributed by atoms with Crippen LogP contribution in [0.4, 0.5) is 0 Å². The Morgan fingerprint density at radius 2 is 2.24 bits per heavy atom. The lowest BCUT2D eigenvalue weighted by atomic mass is 10.2. The molecule has 1 aliphatic carbocycles. The Kier molecular flexibility index (Phi) is 7.04. The van der Waals surface area contributed by atoms with Crippen LogP contribution in [0.2, 0.25) is 0 Å². The molecule has 2 rings (SSSR count). The molecule has 1 heterocycles. The number of hydrogen-bond acceptors (Lipinski definition) is 5. The van der Waals surface area contributed by atoms with Crippen molar-refractivity contribution in [1.82, 2.24) is 15.6 Å². The molecule has 1 aromatic heterocycles. The van der Waals surface area contributed by atoms with Gasteiger partial charge in [0.1, 0.15) is 9.84 Å². The molecule has 7 nitrogen and oxygen atoms in total. The van der Waals surface area contributed by atoms with Crippen molar-refractivity contribution in [3.8, 4) is 5.88 Å². The average Bonchev–Trinajstić information content (AvgIpc) is 3.39. The van der Waals surface area contributed by atoms with Gasteiger partial charge in [-0.05, 0) is 43.7 Å². The first kappa shape index (κ1) is 19.5. The van der Waals surface area contributed by atoms with Crippen LogP contribution < -0.4 is 15.4 Å². The number of hydrogen-bond donors (Lipinski definition) is 2. The molecule has 25 heavy (non-hydrogen) atoms. The molecule has 1 fully saturated rings. The maximum Gasteiger partial charge on any atom is 0.213 e. The van der Waals surface area contributed by atoms with E-state index in [0.717, 1.165) is 12.2 Å². The van der Waals surface area contributed by atoms with Gasteiger partial charge in [0.25, 0.3) is 0 Å². The molecule has 0 aliphatic heterocycles. The van der Waals surface area contributed by atoms with E-state index in [9.17, 15) is 8.42 Å². The third-order valence-corrected chi connectivity index (χ3v) is 4.93. The van der Waals surface area contributed by atoms with Crippen molar-refractivity contribution in [3.63, 3.8) is 0 Å². The Balaban J connectivity index is 1.78. The van der Waals surface area contributed by atoms with Crippen molar-refractivity contribution >= 4 is 15.8 Å². The molecular weight excluding hydrogens is 340 g/mol. The molecule has 2 N–H and O–H groups in total. The maximum atomic E-state index is 11.2. The molecule has 0 spiro atoms. The lowest BCUT2D eigenvalue weighted by Gasteiger charge is -2.17. The zero-order chi connectivity index (χ0) is 18.3. The van der Waals surface area contributed by atoms with Crippen molar-refractivity contribution in [1.29, 1.82) is 0 Å². The number of nitrogens with zero attached hydrogens (tertiary/aromatic N) is 2. The normalized spacial score (nSPS) is 16.4. The minimum atomic E-state index is -2.95. The van der Waals surface area contributed by atoms with Gasteiger partial charge in [-0.3, -0.25) is 4.99 Å². The van der Waals surface area contributed by atoms with Gasteiger partial charge >= 0.3 is 0 Å². The molecule has 1 aromatic rings. The molecule has 1 unspecified atom stereocenters. The molecule has 1 aliphatic rings. The Morgan fingerprint density at radius 1 is 1.48 bits per heavy atom. The number of ether oxygens (including phenoxy) is 1. The molecule has 1 atom stereocenters. The SMILES string of the molecule is CN=C(NCc1ccnc(OCC2CC2)c1)NC(C)CCS(C)(=O)=O. The number of rotatable bonds is 9. The maximum absolute atomic E-state index is 11.2. The molecule has 0 bridgehead atoms. The van der Waals surface area contributed by atoms with Crippen LogP contribution >= 0.6 is 0 Å². The second-order valence-electron chi connectivity index (χ2n) is 6.65. The predicted molar refractivity (Wildman–Crippen MR) is 99.6 cm³/mol. The highest BCUT2D eigenvalue weighted by atomic mass is 32.2. The van der Waals surface area contributed by atoms with Crippen molar-refractivity contribution in [2.75, 3.05) is 25.7 Å². The Bertz CT molecular complexity index is 687. The Morgan fingerprint density at radius 3 is 2.88 bits per heavy atom. The fraction of sp³-hybridized carbons (Fsp3) is 0.647. The molecule has 0 aromatic carbocycles. The van der Waals surface area contributed by atoms with Crippen molar-refractivity contribution in [2.24, 2.45) is 10.9 Å². The summed E-state index contributed by atoms with van der Waals surface area (Å²) in [6.45, 7) is 3.26. The number of nitrogens with one attached hydrogen (secondary N) is 2. The van der Waals surface area contributed by atoms with Gasteiger partial charge < -0.3 is 15.4 Å². The van der Waals surface area contributed by atoms with Gasteiger partial charge in [-0.2, -0.15) is 0 Å². The summed E-state index contributed by atoms with van der Waals surface area (Å²) >= 11 is 0. The summed E-state index contributed by atoms with van der Waals surface area (Å²) in [7, 11) is -1.26. The van der Waals surface area contributed by atoms with Gasteiger partial charge in [0, 0.05) is 38.2 Å². The van der Waals surface area contributed by atoms with Gasteiger partial charge in [0.2, 0.25) is 5.88 Å². The summed E-state index contributed by atoms with van der Waals surface area (Å²) in [5, 5.41) is 6.42. The van der Waals surface area contributed by atoms with E-state index in [-0.39, 0.29) is 11.8 Å². The highest BCUT2D eigenvalue weighted by Crippen LogP contribution is 2.29. The quantitative estimate of drug-likeness (QED) is 0.505. The minimum absolute atomic E-state index is 0.0100. The second-order valence-corrected chi connectivity index (χ2v) is 8.91. The smallest absolute Gasteiger partial charge is 0.213 e. The van der Waals surface area contributed by atoms with E-state index in [1.54, 1.807) is 13.2 Å². The number of pyridine rings is 1. The van der Waals surface area contributed by atoms with Crippen molar-refractivity contribution in [3.05, 3.63) is 23.9 Å². The number of guanidine groups is 1. The van der Waals surface area contributed by atoms with Crippen LogP contribution in [0, 0.1) is 5.92 Å². The number of aromatic nitrogens is 1. The van der Waals surface area contributed by atoms with Crippen molar-refractivity contribution < 1.29 is 13.2 Å². The summed E-state index contributed by atoms with van der Waals surface area (Å²) < 4.78 is 28.2. The molecule has 0 saturated heterocycles. The van der Waals surface area contributed by atoms with E-state index in [4.69, 9.17) is 4.74 Å². The van der Waals surface area contributed by atoms with Crippen LogP contribution in [-0.2, 0) is 16.4 Å². The van der Waals surface area contributed by atoms with Crippen LogP contribution in [0.3, 0.4) is 0 Å². The third-order valence-electron chi connectivity index (χ3n) is 3.95. The molecular formula is C17H28N4O3S. The fourth-order valence-electron chi connectivity index (χ4n) is 2.20. The molecule has 0 radical (unpaired) electrons. The highest BCUT2D eigenvalue weighted by Gasteiger charge is 2.22. The zero-order valence-electron chi connectivity index (χ0n) is 15.2. The van der Waals surface area contributed by atoms with Gasteiger partial charge in [-0.25, -0.2) is 13.4 Å². The summed E-state index contributed by atoms with van der Waals surface area (Å²) in [5.41, 5.74) is 1.05. The highest BCUT2D eigenvalue weighted by molar-refractivity contribution is 7.90. The predicted octanol–water partition coefficient (Wildman–Crippen LogP) is 1.36. The largest absolute Gasteiger partial charge is 0.477 e. The Labute approximate surface area is 150 Å². The number of sulfone groups is 1. The molecule has 140 valence electrons. The standard InChI is InChI=1S/C17H28N4O3S/c1-13(7-9-25(3,22)23)21-17(18-2)20-11-15-6-8-19-16(10-15)24-12-14-4-5-14/h6,8,10,13-14H,4-5,7,9,11-12H2,1-3H3,(H2,18,20,21). The summed E-state index contributed by atoms with van der Waals surface area (Å²) in [6, 6.07) is 3.86. The third kappa shape index (κ3) is 8.20. The molecule has 0 amide bonds. The zero-order valence-corrected chi connectivity index (χ0v) is 16.0. The van der Waals surface area contributed by atoms with E-state index in [0.29, 0.717) is 30.7 Å². The lowest BCUT2D eigenvalue weighted by Crippen LogP contribution is -2.42. The second kappa shape index (κ2) is 9.03. The van der Waals surface area contributed by atoms with E-state index >= 15 is 0 Å². The van der Waals surface area contributed by atoms with Crippen LogP contribution in [0.1, 0.15) is 31.7 Å². The van der Waals surface area contributed by atoms with Gasteiger partial charge in [-0.15, -0.1) is 0 Å². The van der Waals surface area contributed by atoms with Gasteiger partial charge in [0.15, 0.2) is 5.96 Å². The fourth-order valence-corrected chi connectivity index (χ4v) is 2.99. The van der Waals surface area contributed by atoms with Crippen molar-refractivity contribution in [2.45, 2.75) is 38.8 Å². The Hall–Kier alpha value is -1.83. The van der Waals surface area contributed by atoms with Crippen LogP contribution in [0.5, 0.6) is 5.88 Å². The monoisotopic (exact) mass is 368 g/mol. The minimum Gasteiger partial charge on any atom is -0.477 e. The first-order chi connectivity index (χ1) is 11.9. The van der Waals surface area contributed by atoms with E-state index in [2.05, 4.69) is 20.6 Å². The van der Waals surface area contributed by atoms with E-state index in [1.807, 2.05) is 19.1 Å². The molecule has 1 saturated carbocycles. The first-order valence-electron chi connectivity index (χ1n) is 8.58. The van der Waals surface area contributed by atoms with Gasteiger partial charge in [0.05, 0.1) is 12.4 Å². The summed E-state index contributed by atoms with van der Waals surface area (Å²) in [4.78, 5) is 8.41. The first-order valence-corrected chi connectivity index (χ1v) is 10.6. The van der Waals surface area contributed by atoms with Crippen LogP contribution in [0.25, 0.3) is 0 Å². The average molecular weight is 369 g/mol. The van der Waals surface area contributed by atoms with Gasteiger partial charge in [-0.1, -0.05) is 0 Å². The van der Waals surface area contributed by atoms with E-state index < -0.39 is 9.84 Å².